The van der Waals surface area contributed by atoms with E-state index >= 15 is 0 Å². The van der Waals surface area contributed by atoms with E-state index in [1.54, 1.807) is 6.07 Å². The standard InChI is InChI=1S/C18H21Cl2NO.ClH/c19-10-12-21(13-11-20)17(15-6-2-1-3-7-15)14-16-8-4-5-9-18(16)22;/h1-9,17,22H,10-14H2;1H. The van der Waals surface area contributed by atoms with Gasteiger partial charge in [-0.15, -0.1) is 35.6 Å². The molecule has 0 heterocycles. The Bertz CT molecular complexity index is 559. The fourth-order valence-corrected chi connectivity index (χ4v) is 3.10. The summed E-state index contributed by atoms with van der Waals surface area (Å²) in [6, 6.07) is 17.9. The molecule has 0 aliphatic rings. The molecule has 1 unspecified atom stereocenters. The predicted molar refractivity (Wildman–Crippen MR) is 101 cm³/mol. The van der Waals surface area contributed by atoms with Crippen LogP contribution in [0, 0.1) is 0 Å². The SMILES string of the molecule is Cl.Oc1ccccc1CC(c1ccccc1)N(CCCl)CCCl. The van der Waals surface area contributed by atoms with Crippen molar-refractivity contribution in [1.29, 1.82) is 0 Å². The second-order valence-electron chi connectivity index (χ2n) is 5.17. The molecule has 2 rings (SSSR count). The molecular weight excluding hydrogens is 353 g/mol. The first-order valence-corrected chi connectivity index (χ1v) is 8.51. The Hall–Kier alpha value is -0.930. The molecule has 5 heteroatoms. The van der Waals surface area contributed by atoms with E-state index in [0.717, 1.165) is 25.1 Å². The Morgan fingerprint density at radius 2 is 1.43 bits per heavy atom. The smallest absolute Gasteiger partial charge is 0.118 e. The topological polar surface area (TPSA) is 23.5 Å². The van der Waals surface area contributed by atoms with Crippen LogP contribution >= 0.6 is 35.6 Å². The Balaban J connectivity index is 0.00000264. The number of rotatable bonds is 8. The van der Waals surface area contributed by atoms with Gasteiger partial charge < -0.3 is 5.11 Å². The zero-order chi connectivity index (χ0) is 15.8. The summed E-state index contributed by atoms with van der Waals surface area (Å²) in [6.07, 6.45) is 0.727. The van der Waals surface area contributed by atoms with Gasteiger partial charge in [-0.05, 0) is 23.6 Å². The van der Waals surface area contributed by atoms with Crippen LogP contribution in [0.2, 0.25) is 0 Å². The fourth-order valence-electron chi connectivity index (χ4n) is 2.67. The van der Waals surface area contributed by atoms with Crippen LogP contribution in [0.5, 0.6) is 5.75 Å². The largest absolute Gasteiger partial charge is 0.508 e. The average Bonchev–Trinajstić information content (AvgIpc) is 2.55. The molecule has 126 valence electrons. The Kier molecular flexibility index (Phi) is 9.42. The van der Waals surface area contributed by atoms with Gasteiger partial charge in [-0.25, -0.2) is 0 Å². The Labute approximate surface area is 154 Å². The summed E-state index contributed by atoms with van der Waals surface area (Å²) in [7, 11) is 0. The van der Waals surface area contributed by atoms with Crippen molar-refractivity contribution >= 4 is 35.6 Å². The molecule has 0 bridgehead atoms. The maximum absolute atomic E-state index is 10.1. The van der Waals surface area contributed by atoms with E-state index in [4.69, 9.17) is 23.2 Å². The first-order chi connectivity index (χ1) is 10.8. The second-order valence-corrected chi connectivity index (χ2v) is 5.93. The molecule has 0 radical (unpaired) electrons. The number of aromatic hydroxyl groups is 1. The van der Waals surface area contributed by atoms with Gasteiger partial charge in [0.1, 0.15) is 5.75 Å². The summed E-state index contributed by atoms with van der Waals surface area (Å²) in [5, 5.41) is 10.1. The lowest BCUT2D eigenvalue weighted by Crippen LogP contribution is -2.33. The molecule has 0 fully saturated rings. The molecule has 2 aromatic carbocycles. The number of benzene rings is 2. The molecule has 0 amide bonds. The normalized spacial score (nSPS) is 12.0. The molecule has 2 nitrogen and oxygen atoms in total. The minimum absolute atomic E-state index is 0. The number of hydrogen-bond donors (Lipinski definition) is 1. The van der Waals surface area contributed by atoms with E-state index in [2.05, 4.69) is 17.0 Å². The molecule has 0 aliphatic heterocycles. The number of phenolic OH excluding ortho intramolecular Hbond substituents is 1. The third kappa shape index (κ3) is 5.89. The average molecular weight is 375 g/mol. The zero-order valence-electron chi connectivity index (χ0n) is 12.9. The summed E-state index contributed by atoms with van der Waals surface area (Å²) in [5.74, 6) is 1.45. The highest BCUT2D eigenvalue weighted by molar-refractivity contribution is 6.18. The van der Waals surface area contributed by atoms with Crippen molar-refractivity contribution in [3.63, 3.8) is 0 Å². The summed E-state index contributed by atoms with van der Waals surface area (Å²) in [5.41, 5.74) is 2.14. The lowest BCUT2D eigenvalue weighted by molar-refractivity contribution is 0.219. The number of phenols is 1. The number of alkyl halides is 2. The van der Waals surface area contributed by atoms with Gasteiger partial charge in [0.05, 0.1) is 0 Å². The van der Waals surface area contributed by atoms with Crippen molar-refractivity contribution in [3.05, 3.63) is 65.7 Å². The monoisotopic (exact) mass is 373 g/mol. The maximum atomic E-state index is 10.1. The maximum Gasteiger partial charge on any atom is 0.118 e. The molecule has 0 aliphatic carbocycles. The van der Waals surface area contributed by atoms with Crippen molar-refractivity contribution in [2.24, 2.45) is 0 Å². The minimum atomic E-state index is 0. The van der Waals surface area contributed by atoms with Gasteiger partial charge in [0.15, 0.2) is 0 Å². The molecule has 1 N–H and O–H groups in total. The summed E-state index contributed by atoms with van der Waals surface area (Å²) >= 11 is 11.9. The molecule has 0 spiro atoms. The van der Waals surface area contributed by atoms with Crippen molar-refractivity contribution < 1.29 is 5.11 Å². The molecule has 2 aromatic rings. The van der Waals surface area contributed by atoms with E-state index < -0.39 is 0 Å². The van der Waals surface area contributed by atoms with E-state index in [0.29, 0.717) is 17.5 Å². The van der Waals surface area contributed by atoms with Crippen molar-refractivity contribution in [2.45, 2.75) is 12.5 Å². The van der Waals surface area contributed by atoms with Gasteiger partial charge in [0.2, 0.25) is 0 Å². The van der Waals surface area contributed by atoms with Gasteiger partial charge in [0.25, 0.3) is 0 Å². The third-order valence-electron chi connectivity index (χ3n) is 3.77. The van der Waals surface area contributed by atoms with Gasteiger partial charge in [-0.3, -0.25) is 4.90 Å². The lowest BCUT2D eigenvalue weighted by Gasteiger charge is -2.31. The molecule has 0 saturated carbocycles. The quantitative estimate of drug-likeness (QED) is 0.666. The van der Waals surface area contributed by atoms with Crippen molar-refractivity contribution in [1.82, 2.24) is 4.90 Å². The predicted octanol–water partition coefficient (Wildman–Crippen LogP) is 4.88. The zero-order valence-corrected chi connectivity index (χ0v) is 15.2. The Morgan fingerprint density at radius 3 is 2.00 bits per heavy atom. The van der Waals surface area contributed by atoms with Crippen molar-refractivity contribution in [3.8, 4) is 5.75 Å². The third-order valence-corrected chi connectivity index (χ3v) is 4.11. The number of nitrogens with zero attached hydrogens (tertiary/aromatic N) is 1. The molecule has 0 aromatic heterocycles. The van der Waals surface area contributed by atoms with Gasteiger partial charge in [0, 0.05) is 30.9 Å². The van der Waals surface area contributed by atoms with Crippen LogP contribution in [0.3, 0.4) is 0 Å². The molecular formula is C18H22Cl3NO. The van der Waals surface area contributed by atoms with Crippen LogP contribution in [-0.4, -0.2) is 34.9 Å². The molecule has 23 heavy (non-hydrogen) atoms. The van der Waals surface area contributed by atoms with E-state index in [9.17, 15) is 5.11 Å². The number of halogens is 3. The van der Waals surface area contributed by atoms with Gasteiger partial charge >= 0.3 is 0 Å². The first kappa shape index (κ1) is 20.1. The highest BCUT2D eigenvalue weighted by Crippen LogP contribution is 2.28. The van der Waals surface area contributed by atoms with E-state index in [1.165, 1.54) is 5.56 Å². The second kappa shape index (κ2) is 10.8. The summed E-state index contributed by atoms with van der Waals surface area (Å²) in [6.45, 7) is 1.53. The molecule has 0 saturated heterocycles. The van der Waals surface area contributed by atoms with Crippen LogP contribution in [0.4, 0.5) is 0 Å². The van der Waals surface area contributed by atoms with Crippen LogP contribution in [-0.2, 0) is 6.42 Å². The fraction of sp³-hybridized carbons (Fsp3) is 0.333. The highest BCUT2D eigenvalue weighted by Gasteiger charge is 2.21. The van der Waals surface area contributed by atoms with Gasteiger partial charge in [-0.1, -0.05) is 48.5 Å². The van der Waals surface area contributed by atoms with Crippen LogP contribution < -0.4 is 0 Å². The minimum Gasteiger partial charge on any atom is -0.508 e. The molecule has 1 atom stereocenters. The number of para-hydroxylation sites is 1. The highest BCUT2D eigenvalue weighted by atomic mass is 35.5. The Morgan fingerprint density at radius 1 is 0.870 bits per heavy atom. The van der Waals surface area contributed by atoms with E-state index in [1.807, 2.05) is 36.4 Å². The number of hydrogen-bond acceptors (Lipinski definition) is 2. The van der Waals surface area contributed by atoms with Crippen LogP contribution in [0.15, 0.2) is 54.6 Å². The van der Waals surface area contributed by atoms with Crippen LogP contribution in [0.1, 0.15) is 17.2 Å². The van der Waals surface area contributed by atoms with Crippen LogP contribution in [0.25, 0.3) is 0 Å². The summed E-state index contributed by atoms with van der Waals surface area (Å²) in [4.78, 5) is 2.28. The van der Waals surface area contributed by atoms with Crippen molar-refractivity contribution in [2.75, 3.05) is 24.8 Å². The lowest BCUT2D eigenvalue weighted by atomic mass is 9.96. The first-order valence-electron chi connectivity index (χ1n) is 7.44. The van der Waals surface area contributed by atoms with Gasteiger partial charge in [-0.2, -0.15) is 0 Å². The summed E-state index contributed by atoms with van der Waals surface area (Å²) < 4.78 is 0. The van der Waals surface area contributed by atoms with E-state index in [-0.39, 0.29) is 18.4 Å².